The summed E-state index contributed by atoms with van der Waals surface area (Å²) in [6.07, 6.45) is 1.64. The lowest BCUT2D eigenvalue weighted by Gasteiger charge is -2.11. The Bertz CT molecular complexity index is 1240. The number of ether oxygens (including phenoxy) is 2. The van der Waals surface area contributed by atoms with Crippen LogP contribution in [-0.4, -0.2) is 44.6 Å². The van der Waals surface area contributed by atoms with Crippen LogP contribution in [0, 0.1) is 5.82 Å². The fraction of sp³-hybridized carbons (Fsp3) is 0.200. The number of thioether (sulfide) groups is 1. The van der Waals surface area contributed by atoms with Gasteiger partial charge in [0.15, 0.2) is 11.5 Å². The maximum Gasteiger partial charge on any atom is 0.246 e. The maximum atomic E-state index is 13.2. The van der Waals surface area contributed by atoms with Crippen molar-refractivity contribution in [2.24, 2.45) is 0 Å². The third-order valence-electron chi connectivity index (χ3n) is 4.46. The summed E-state index contributed by atoms with van der Waals surface area (Å²) in [5.41, 5.74) is 6.52. The fourth-order valence-corrected chi connectivity index (χ4v) is 5.36. The highest BCUT2D eigenvalue weighted by molar-refractivity contribution is 7.99. The molecule has 0 radical (unpaired) electrons. The monoisotopic (exact) mass is 480 g/mol. The number of carbonyl (C=O) groups excluding carboxylic acids is 1. The first kappa shape index (κ1) is 23.4. The van der Waals surface area contributed by atoms with Gasteiger partial charge in [0.2, 0.25) is 15.7 Å². The van der Waals surface area contributed by atoms with E-state index in [2.05, 4.69) is 10.4 Å². The van der Waals surface area contributed by atoms with E-state index < -0.39 is 21.6 Å². The van der Waals surface area contributed by atoms with Gasteiger partial charge < -0.3 is 20.5 Å². The molecule has 3 N–H and O–H groups in total. The van der Waals surface area contributed by atoms with Crippen LogP contribution in [-0.2, 0) is 21.2 Å². The molecule has 0 bridgehead atoms. The molecular weight excluding hydrogens is 459 g/mol. The van der Waals surface area contributed by atoms with Crippen LogP contribution >= 0.6 is 11.8 Å². The van der Waals surface area contributed by atoms with Gasteiger partial charge in [-0.2, -0.15) is 5.10 Å². The summed E-state index contributed by atoms with van der Waals surface area (Å²) in [6, 6.07) is 9.23. The van der Waals surface area contributed by atoms with Gasteiger partial charge in [0.1, 0.15) is 28.1 Å². The molecule has 170 valence electrons. The van der Waals surface area contributed by atoms with E-state index >= 15 is 0 Å². The predicted octanol–water partition coefficient (Wildman–Crippen LogP) is 2.82. The van der Waals surface area contributed by atoms with E-state index in [0.29, 0.717) is 17.2 Å². The predicted molar refractivity (Wildman–Crippen MR) is 118 cm³/mol. The molecule has 1 aromatic heterocycles. The minimum absolute atomic E-state index is 0.129. The number of hydrogen-bond acceptors (Lipinski definition) is 8. The molecule has 0 spiro atoms. The van der Waals surface area contributed by atoms with Crippen molar-refractivity contribution in [3.05, 3.63) is 48.3 Å². The lowest BCUT2D eigenvalue weighted by molar-refractivity contribution is -0.116. The van der Waals surface area contributed by atoms with Gasteiger partial charge in [0.05, 0.1) is 19.1 Å². The lowest BCUT2D eigenvalue weighted by Crippen LogP contribution is -2.21. The van der Waals surface area contributed by atoms with Gasteiger partial charge in [0.25, 0.3) is 0 Å². The van der Waals surface area contributed by atoms with Crippen LogP contribution < -0.4 is 20.5 Å². The minimum atomic E-state index is -4.08. The van der Waals surface area contributed by atoms with E-state index in [0.717, 1.165) is 40.7 Å². The molecule has 3 aromatic rings. The maximum absolute atomic E-state index is 13.2. The molecule has 0 aliphatic heterocycles. The smallest absolute Gasteiger partial charge is 0.246 e. The number of halogens is 1. The molecule has 0 saturated heterocycles. The quantitative estimate of drug-likeness (QED) is 0.372. The number of benzene rings is 2. The van der Waals surface area contributed by atoms with Crippen molar-refractivity contribution in [2.45, 2.75) is 21.4 Å². The first-order valence-corrected chi connectivity index (χ1v) is 11.8. The number of nitrogens with one attached hydrogen (secondary N) is 1. The number of sulfone groups is 1. The van der Waals surface area contributed by atoms with Gasteiger partial charge in [0, 0.05) is 11.8 Å². The minimum Gasteiger partial charge on any atom is -0.493 e. The Kier molecular flexibility index (Phi) is 6.94. The second kappa shape index (κ2) is 9.49. The first-order valence-electron chi connectivity index (χ1n) is 9.14. The average Bonchev–Trinajstić information content (AvgIpc) is 3.09. The van der Waals surface area contributed by atoms with Crippen molar-refractivity contribution in [1.29, 1.82) is 0 Å². The molecule has 3 rings (SSSR count). The van der Waals surface area contributed by atoms with Crippen LogP contribution in [0.15, 0.2) is 57.3 Å². The molecular formula is C20H21FN4O5S2. The van der Waals surface area contributed by atoms with E-state index in [1.807, 2.05) is 0 Å². The van der Waals surface area contributed by atoms with Gasteiger partial charge >= 0.3 is 0 Å². The number of rotatable bonds is 8. The van der Waals surface area contributed by atoms with Crippen molar-refractivity contribution < 1.29 is 27.1 Å². The molecule has 1 heterocycles. The number of hydrogen-bond donors (Lipinski definition) is 2. The number of nitrogens with two attached hydrogens (primary N) is 1. The molecule has 0 saturated carbocycles. The number of methoxy groups -OCH3 is 2. The number of nitrogen functional groups attached to an aromatic ring is 1. The molecule has 2 aromatic carbocycles. The molecule has 0 aliphatic carbocycles. The van der Waals surface area contributed by atoms with Crippen LogP contribution in [0.2, 0.25) is 0 Å². The number of amides is 1. The van der Waals surface area contributed by atoms with Crippen molar-refractivity contribution in [3.63, 3.8) is 0 Å². The highest BCUT2D eigenvalue weighted by Gasteiger charge is 2.29. The van der Waals surface area contributed by atoms with Crippen molar-refractivity contribution in [3.8, 4) is 11.5 Å². The van der Waals surface area contributed by atoms with E-state index in [1.165, 1.54) is 14.2 Å². The summed E-state index contributed by atoms with van der Waals surface area (Å²) in [5.74, 6) is -0.307. The molecule has 0 atom stereocenters. The number of anilines is 2. The van der Waals surface area contributed by atoms with Crippen molar-refractivity contribution >= 4 is 39.0 Å². The van der Waals surface area contributed by atoms with E-state index in [9.17, 15) is 17.6 Å². The second-order valence-electron chi connectivity index (χ2n) is 6.46. The second-order valence-corrected chi connectivity index (χ2v) is 9.14. The third kappa shape index (κ3) is 4.65. The van der Waals surface area contributed by atoms with Crippen LogP contribution in [0.5, 0.6) is 11.5 Å². The molecule has 0 aliphatic rings. The molecule has 12 heteroatoms. The van der Waals surface area contributed by atoms with E-state index in [-0.39, 0.29) is 27.2 Å². The Hall–Kier alpha value is -3.25. The van der Waals surface area contributed by atoms with Gasteiger partial charge in [-0.25, -0.2) is 17.5 Å². The topological polar surface area (TPSA) is 126 Å². The molecule has 0 fully saturated rings. The lowest BCUT2D eigenvalue weighted by atomic mass is 10.2. The van der Waals surface area contributed by atoms with Gasteiger partial charge in [-0.3, -0.25) is 4.79 Å². The Morgan fingerprint density at radius 3 is 2.41 bits per heavy atom. The van der Waals surface area contributed by atoms with Crippen molar-refractivity contribution in [2.75, 3.05) is 31.5 Å². The van der Waals surface area contributed by atoms with Gasteiger partial charge in [-0.15, -0.1) is 11.8 Å². The Morgan fingerprint density at radius 1 is 1.16 bits per heavy atom. The highest BCUT2D eigenvalue weighted by Crippen LogP contribution is 2.34. The molecule has 1 amide bonds. The number of aromatic nitrogens is 2. The van der Waals surface area contributed by atoms with E-state index in [4.69, 9.17) is 15.2 Å². The Morgan fingerprint density at radius 2 is 1.81 bits per heavy atom. The zero-order valence-electron chi connectivity index (χ0n) is 17.5. The summed E-state index contributed by atoms with van der Waals surface area (Å²) in [7, 11) is -1.11. The Balaban J connectivity index is 1.88. The standard InChI is InChI=1S/C20H21FN4O5S2/c1-29-15-9-6-13(10-16(15)30-2)23-17(26)11-25-19(22)18(20(24-25)31-3)32(27,28)14-7-4-12(21)5-8-14/h4-10H,11,22H2,1-3H3,(H,23,26). The van der Waals surface area contributed by atoms with Gasteiger partial charge in [-0.05, 0) is 42.7 Å². The summed E-state index contributed by atoms with van der Waals surface area (Å²) in [5, 5.41) is 6.98. The fourth-order valence-electron chi connectivity index (χ4n) is 2.92. The van der Waals surface area contributed by atoms with Crippen LogP contribution in [0.1, 0.15) is 0 Å². The summed E-state index contributed by atoms with van der Waals surface area (Å²) in [6.45, 7) is -0.327. The zero-order chi connectivity index (χ0) is 23.5. The normalized spacial score (nSPS) is 11.2. The third-order valence-corrected chi connectivity index (χ3v) is 7.10. The zero-order valence-corrected chi connectivity index (χ0v) is 19.1. The highest BCUT2D eigenvalue weighted by atomic mass is 32.2. The Labute approximate surface area is 188 Å². The van der Waals surface area contributed by atoms with Crippen LogP contribution in [0.25, 0.3) is 0 Å². The van der Waals surface area contributed by atoms with Crippen LogP contribution in [0.3, 0.4) is 0 Å². The van der Waals surface area contributed by atoms with E-state index in [1.54, 1.807) is 24.5 Å². The summed E-state index contributed by atoms with van der Waals surface area (Å²) in [4.78, 5) is 12.2. The van der Waals surface area contributed by atoms with Crippen molar-refractivity contribution in [1.82, 2.24) is 9.78 Å². The summed E-state index contributed by atoms with van der Waals surface area (Å²) >= 11 is 1.07. The molecule has 0 unspecified atom stereocenters. The molecule has 32 heavy (non-hydrogen) atoms. The van der Waals surface area contributed by atoms with Gasteiger partial charge in [-0.1, -0.05) is 0 Å². The average molecular weight is 481 g/mol. The molecule has 9 nitrogen and oxygen atoms in total. The first-order chi connectivity index (χ1) is 15.2. The number of carbonyl (C=O) groups is 1. The SMILES string of the molecule is COc1ccc(NC(=O)Cn2nc(SC)c(S(=O)(=O)c3ccc(F)cc3)c2N)cc1OC. The number of nitrogens with zero attached hydrogens (tertiary/aromatic N) is 2. The van der Waals surface area contributed by atoms with Crippen LogP contribution in [0.4, 0.5) is 15.9 Å². The largest absolute Gasteiger partial charge is 0.493 e. The summed E-state index contributed by atoms with van der Waals surface area (Å²) < 4.78 is 50.8.